The monoisotopic (exact) mass is 225 g/mol. The Kier molecular flexibility index (Phi) is 4.08. The predicted octanol–water partition coefficient (Wildman–Crippen LogP) is 2.22. The molecule has 0 aromatic carbocycles. The first-order valence-corrected chi connectivity index (χ1v) is 5.95. The standard InChI is InChI=1S/C10H15N3OS/c1-6(2)12-9-8(7(3)14)5-11-10(13-9)15-4/h5-6H,1-4H3,(H,11,12,13). The smallest absolute Gasteiger partial charge is 0.189 e. The van der Waals surface area contributed by atoms with E-state index in [0.717, 1.165) is 0 Å². The van der Waals surface area contributed by atoms with Crippen molar-refractivity contribution in [2.45, 2.75) is 32.0 Å². The molecular formula is C10H15N3OS. The molecule has 0 radical (unpaired) electrons. The van der Waals surface area contributed by atoms with Gasteiger partial charge >= 0.3 is 0 Å². The first-order chi connectivity index (χ1) is 7.04. The third-order valence-corrected chi connectivity index (χ3v) is 2.32. The molecule has 1 aromatic rings. The highest BCUT2D eigenvalue weighted by molar-refractivity contribution is 7.98. The lowest BCUT2D eigenvalue weighted by Crippen LogP contribution is -2.15. The molecule has 0 saturated carbocycles. The number of hydrogen-bond donors (Lipinski definition) is 1. The second kappa shape index (κ2) is 5.11. The van der Waals surface area contributed by atoms with Gasteiger partial charge in [0, 0.05) is 12.2 Å². The van der Waals surface area contributed by atoms with Crippen molar-refractivity contribution in [1.82, 2.24) is 9.97 Å². The van der Waals surface area contributed by atoms with E-state index in [0.29, 0.717) is 16.5 Å². The van der Waals surface area contributed by atoms with Crippen LogP contribution in [-0.2, 0) is 0 Å². The number of carbonyl (C=O) groups excluding carboxylic acids is 1. The van der Waals surface area contributed by atoms with E-state index in [4.69, 9.17) is 0 Å². The van der Waals surface area contributed by atoms with Gasteiger partial charge in [-0.25, -0.2) is 9.97 Å². The molecule has 0 amide bonds. The quantitative estimate of drug-likeness (QED) is 0.484. The Bertz CT molecular complexity index is 366. The molecule has 5 heteroatoms. The number of carbonyl (C=O) groups is 1. The summed E-state index contributed by atoms with van der Waals surface area (Å²) in [7, 11) is 0. The number of nitrogens with zero attached hydrogens (tertiary/aromatic N) is 2. The molecule has 0 aliphatic carbocycles. The molecule has 0 atom stereocenters. The van der Waals surface area contributed by atoms with Crippen molar-refractivity contribution < 1.29 is 4.79 Å². The van der Waals surface area contributed by atoms with Gasteiger partial charge in [0.1, 0.15) is 5.82 Å². The lowest BCUT2D eigenvalue weighted by atomic mass is 10.2. The largest absolute Gasteiger partial charge is 0.367 e. The molecule has 1 N–H and O–H groups in total. The first-order valence-electron chi connectivity index (χ1n) is 4.73. The van der Waals surface area contributed by atoms with Crippen molar-refractivity contribution in [3.05, 3.63) is 11.8 Å². The van der Waals surface area contributed by atoms with Crippen molar-refractivity contribution >= 4 is 23.4 Å². The molecule has 0 aliphatic rings. The molecule has 0 fully saturated rings. The van der Waals surface area contributed by atoms with Gasteiger partial charge in [-0.2, -0.15) is 0 Å². The van der Waals surface area contributed by atoms with Crippen LogP contribution in [0.25, 0.3) is 0 Å². The third kappa shape index (κ3) is 3.20. The van der Waals surface area contributed by atoms with Gasteiger partial charge in [0.25, 0.3) is 0 Å². The molecule has 1 heterocycles. The Balaban J connectivity index is 3.10. The summed E-state index contributed by atoms with van der Waals surface area (Å²) in [6, 6.07) is 0.243. The van der Waals surface area contributed by atoms with Crippen LogP contribution in [0, 0.1) is 0 Å². The minimum atomic E-state index is -0.0224. The average molecular weight is 225 g/mol. The van der Waals surface area contributed by atoms with Crippen LogP contribution in [0.3, 0.4) is 0 Å². The van der Waals surface area contributed by atoms with Crippen molar-refractivity contribution in [3.63, 3.8) is 0 Å². The van der Waals surface area contributed by atoms with Crippen LogP contribution in [0.2, 0.25) is 0 Å². The summed E-state index contributed by atoms with van der Waals surface area (Å²) in [6.07, 6.45) is 3.48. The molecule has 1 rings (SSSR count). The molecule has 0 bridgehead atoms. The summed E-state index contributed by atoms with van der Waals surface area (Å²) in [5, 5.41) is 3.81. The summed E-state index contributed by atoms with van der Waals surface area (Å²) in [6.45, 7) is 5.53. The number of Topliss-reactive ketones (excluding diaryl/α,β-unsaturated/α-hetero) is 1. The second-order valence-electron chi connectivity index (χ2n) is 3.47. The van der Waals surface area contributed by atoms with Crippen LogP contribution in [0.15, 0.2) is 11.4 Å². The number of aromatic nitrogens is 2. The van der Waals surface area contributed by atoms with Gasteiger partial charge in [-0.05, 0) is 27.0 Å². The van der Waals surface area contributed by atoms with Crippen LogP contribution in [0.1, 0.15) is 31.1 Å². The first kappa shape index (κ1) is 12.0. The minimum absolute atomic E-state index is 0.0224. The van der Waals surface area contributed by atoms with E-state index in [1.807, 2.05) is 20.1 Å². The van der Waals surface area contributed by atoms with Gasteiger partial charge in [-0.3, -0.25) is 4.79 Å². The molecule has 1 aromatic heterocycles. The van der Waals surface area contributed by atoms with Crippen LogP contribution in [0.4, 0.5) is 5.82 Å². The summed E-state index contributed by atoms with van der Waals surface area (Å²) in [5.74, 6) is 0.600. The van der Waals surface area contributed by atoms with E-state index in [1.165, 1.54) is 18.7 Å². The zero-order valence-corrected chi connectivity index (χ0v) is 10.2. The second-order valence-corrected chi connectivity index (χ2v) is 4.25. The Morgan fingerprint density at radius 3 is 2.67 bits per heavy atom. The maximum atomic E-state index is 11.3. The lowest BCUT2D eigenvalue weighted by Gasteiger charge is -2.12. The van der Waals surface area contributed by atoms with Gasteiger partial charge < -0.3 is 5.32 Å². The molecule has 4 nitrogen and oxygen atoms in total. The zero-order chi connectivity index (χ0) is 11.4. The molecular weight excluding hydrogens is 210 g/mol. The van der Waals surface area contributed by atoms with Crippen molar-refractivity contribution in [2.75, 3.05) is 11.6 Å². The fourth-order valence-electron chi connectivity index (χ4n) is 1.11. The summed E-state index contributed by atoms with van der Waals surface area (Å²) < 4.78 is 0. The number of nitrogens with one attached hydrogen (secondary N) is 1. The van der Waals surface area contributed by atoms with E-state index >= 15 is 0 Å². The van der Waals surface area contributed by atoms with Crippen LogP contribution < -0.4 is 5.32 Å². The van der Waals surface area contributed by atoms with Crippen LogP contribution in [-0.4, -0.2) is 28.0 Å². The topological polar surface area (TPSA) is 54.9 Å². The minimum Gasteiger partial charge on any atom is -0.367 e. The van der Waals surface area contributed by atoms with E-state index in [1.54, 1.807) is 6.20 Å². The molecule has 82 valence electrons. The van der Waals surface area contributed by atoms with E-state index in [-0.39, 0.29) is 11.8 Å². The number of rotatable bonds is 4. The molecule has 0 saturated heterocycles. The molecule has 0 spiro atoms. The van der Waals surface area contributed by atoms with Gasteiger partial charge in [0.05, 0.1) is 5.56 Å². The van der Waals surface area contributed by atoms with Gasteiger partial charge in [-0.1, -0.05) is 11.8 Å². The van der Waals surface area contributed by atoms with Crippen LogP contribution >= 0.6 is 11.8 Å². The highest BCUT2D eigenvalue weighted by atomic mass is 32.2. The maximum Gasteiger partial charge on any atom is 0.189 e. The van der Waals surface area contributed by atoms with Crippen molar-refractivity contribution in [3.8, 4) is 0 Å². The predicted molar refractivity (Wildman–Crippen MR) is 62.6 cm³/mol. The number of ketones is 1. The van der Waals surface area contributed by atoms with Crippen molar-refractivity contribution in [2.24, 2.45) is 0 Å². The molecule has 15 heavy (non-hydrogen) atoms. The van der Waals surface area contributed by atoms with Crippen LogP contribution in [0.5, 0.6) is 0 Å². The summed E-state index contributed by atoms with van der Waals surface area (Å²) in [5.41, 5.74) is 0.543. The van der Waals surface area contributed by atoms with E-state index in [9.17, 15) is 4.79 Å². The number of thioether (sulfide) groups is 1. The Morgan fingerprint density at radius 2 is 2.20 bits per heavy atom. The summed E-state index contributed by atoms with van der Waals surface area (Å²) in [4.78, 5) is 19.7. The van der Waals surface area contributed by atoms with Gasteiger partial charge in [0.15, 0.2) is 10.9 Å². The fraction of sp³-hybridized carbons (Fsp3) is 0.500. The SMILES string of the molecule is CSc1ncc(C(C)=O)c(NC(C)C)n1. The van der Waals surface area contributed by atoms with Crippen molar-refractivity contribution in [1.29, 1.82) is 0 Å². The third-order valence-electron chi connectivity index (χ3n) is 1.75. The number of anilines is 1. The van der Waals surface area contributed by atoms with E-state index < -0.39 is 0 Å². The zero-order valence-electron chi connectivity index (χ0n) is 9.37. The van der Waals surface area contributed by atoms with Gasteiger partial charge in [-0.15, -0.1) is 0 Å². The highest BCUT2D eigenvalue weighted by Gasteiger charge is 2.11. The Labute approximate surface area is 93.9 Å². The van der Waals surface area contributed by atoms with E-state index in [2.05, 4.69) is 15.3 Å². The Hall–Kier alpha value is -1.10. The lowest BCUT2D eigenvalue weighted by molar-refractivity contribution is 0.101. The molecule has 0 aliphatic heterocycles. The average Bonchev–Trinajstić information content (AvgIpc) is 2.16. The van der Waals surface area contributed by atoms with Gasteiger partial charge in [0.2, 0.25) is 0 Å². The summed E-state index contributed by atoms with van der Waals surface area (Å²) >= 11 is 1.46. The fourth-order valence-corrected chi connectivity index (χ4v) is 1.45. The Morgan fingerprint density at radius 1 is 1.53 bits per heavy atom. The molecule has 0 unspecified atom stereocenters. The maximum absolute atomic E-state index is 11.3. The normalized spacial score (nSPS) is 10.5. The number of hydrogen-bond acceptors (Lipinski definition) is 5. The highest BCUT2D eigenvalue weighted by Crippen LogP contribution is 2.17.